The zero-order chi connectivity index (χ0) is 12.9. The summed E-state index contributed by atoms with van der Waals surface area (Å²) in [6, 6.07) is 2.83. The van der Waals surface area contributed by atoms with E-state index in [0.717, 1.165) is 30.6 Å². The van der Waals surface area contributed by atoms with Crippen molar-refractivity contribution >= 4 is 12.4 Å². The number of hydrogen-bond donors (Lipinski definition) is 1. The maximum atomic E-state index is 12.9. The summed E-state index contributed by atoms with van der Waals surface area (Å²) in [4.78, 5) is 0. The molecule has 1 aliphatic carbocycles. The molecule has 1 N–H and O–H groups in total. The molecule has 102 valence electrons. The van der Waals surface area contributed by atoms with E-state index in [4.69, 9.17) is 6.42 Å². The Balaban J connectivity index is 0.00000133. The summed E-state index contributed by atoms with van der Waals surface area (Å²) < 4.78 is 38.8. The largest absolute Gasteiger partial charge is 0.417 e. The Hall–Kier alpha value is -1.18. The Labute approximate surface area is 116 Å². The summed E-state index contributed by atoms with van der Waals surface area (Å²) in [6.45, 7) is 1.59. The molecule has 3 rings (SSSR count). The van der Waals surface area contributed by atoms with E-state index < -0.39 is 11.7 Å². The van der Waals surface area contributed by atoms with Crippen LogP contribution in [0.2, 0.25) is 0 Å². The highest BCUT2D eigenvalue weighted by atomic mass is 35.5. The average molecular weight is 288 g/mol. The van der Waals surface area contributed by atoms with Gasteiger partial charge in [0.15, 0.2) is 0 Å². The third-order valence-corrected chi connectivity index (χ3v) is 3.91. The van der Waals surface area contributed by atoms with Gasteiger partial charge in [0.2, 0.25) is 0 Å². The van der Waals surface area contributed by atoms with Crippen molar-refractivity contribution in [3.8, 4) is 12.3 Å². The second kappa shape index (κ2) is 4.73. The number of hydrogen-bond acceptors (Lipinski definition) is 1. The molecule has 0 amide bonds. The third kappa shape index (κ3) is 2.22. The van der Waals surface area contributed by atoms with Gasteiger partial charge in [0.1, 0.15) is 0 Å². The fourth-order valence-electron chi connectivity index (χ4n) is 3.11. The smallest absolute Gasteiger partial charge is 0.316 e. The minimum Gasteiger partial charge on any atom is -0.316 e. The lowest BCUT2D eigenvalue weighted by atomic mass is 9.95. The molecule has 5 heteroatoms. The first-order chi connectivity index (χ1) is 8.50. The highest BCUT2D eigenvalue weighted by Crippen LogP contribution is 2.46. The number of alkyl halides is 3. The maximum Gasteiger partial charge on any atom is 0.417 e. The molecule has 19 heavy (non-hydrogen) atoms. The molecule has 1 fully saturated rings. The minimum absolute atomic E-state index is 0. The van der Waals surface area contributed by atoms with Crippen LogP contribution in [0.25, 0.3) is 0 Å². The summed E-state index contributed by atoms with van der Waals surface area (Å²) in [6.07, 6.45) is 1.78. The number of terminal acetylenes is 1. The van der Waals surface area contributed by atoms with E-state index in [2.05, 4.69) is 11.2 Å². The second-order valence-electron chi connectivity index (χ2n) is 4.96. The summed E-state index contributed by atoms with van der Waals surface area (Å²) in [5.41, 5.74) is 1.13. The number of nitrogens with one attached hydrogen (secondary N) is 1. The van der Waals surface area contributed by atoms with E-state index in [-0.39, 0.29) is 23.9 Å². The first-order valence-electron chi connectivity index (χ1n) is 5.93. The number of rotatable bonds is 0. The van der Waals surface area contributed by atoms with Crippen molar-refractivity contribution in [2.45, 2.75) is 24.4 Å². The highest BCUT2D eigenvalue weighted by molar-refractivity contribution is 5.85. The predicted molar refractivity (Wildman–Crippen MR) is 69.6 cm³/mol. The van der Waals surface area contributed by atoms with Crippen LogP contribution in [0.4, 0.5) is 13.2 Å². The lowest BCUT2D eigenvalue weighted by Gasteiger charge is -2.19. The van der Waals surface area contributed by atoms with Gasteiger partial charge in [-0.15, -0.1) is 18.8 Å². The third-order valence-electron chi connectivity index (χ3n) is 3.91. The summed E-state index contributed by atoms with van der Waals surface area (Å²) in [7, 11) is 0. The molecule has 1 nitrogen and oxygen atoms in total. The predicted octanol–water partition coefficient (Wildman–Crippen LogP) is 3.28. The molecule has 0 radical (unpaired) electrons. The van der Waals surface area contributed by atoms with E-state index in [1.165, 1.54) is 6.07 Å². The van der Waals surface area contributed by atoms with Crippen molar-refractivity contribution in [2.75, 3.05) is 13.1 Å². The highest BCUT2D eigenvalue weighted by Gasteiger charge is 2.39. The molecule has 2 unspecified atom stereocenters. The van der Waals surface area contributed by atoms with Gasteiger partial charge >= 0.3 is 6.18 Å². The summed E-state index contributed by atoms with van der Waals surface area (Å²) >= 11 is 0. The quantitative estimate of drug-likeness (QED) is 0.722. The van der Waals surface area contributed by atoms with Gasteiger partial charge in [-0.3, -0.25) is 0 Å². The van der Waals surface area contributed by atoms with Gasteiger partial charge in [0.25, 0.3) is 0 Å². The zero-order valence-electron chi connectivity index (χ0n) is 10.1. The van der Waals surface area contributed by atoms with Crippen LogP contribution in [0.3, 0.4) is 0 Å². The van der Waals surface area contributed by atoms with Crippen LogP contribution < -0.4 is 5.32 Å². The van der Waals surface area contributed by atoms with Crippen molar-refractivity contribution < 1.29 is 13.2 Å². The molecule has 2 bridgehead atoms. The van der Waals surface area contributed by atoms with E-state index in [9.17, 15) is 13.2 Å². The first kappa shape index (κ1) is 14.2. The summed E-state index contributed by atoms with van der Waals surface area (Å²) in [5, 5.41) is 3.26. The molecular formula is C14H13ClF3N. The Morgan fingerprint density at radius 3 is 2.26 bits per heavy atom. The molecule has 0 spiro atoms. The number of benzene rings is 1. The standard InChI is InChI=1S/C14H12F3N.ClH/c1-2-8-4-11-9-3-10(7-18-6-9)12(11)5-13(8)14(15,16)17;/h1,4-5,9-10,18H,3,6-7H2;1H. The van der Waals surface area contributed by atoms with Crippen molar-refractivity contribution in [3.63, 3.8) is 0 Å². The molecule has 1 heterocycles. The van der Waals surface area contributed by atoms with E-state index in [1.807, 2.05) is 0 Å². The topological polar surface area (TPSA) is 12.0 Å². The molecule has 0 saturated carbocycles. The SMILES string of the molecule is C#Cc1cc2c(cc1C(F)(F)F)C1CNCC2C1.Cl. The minimum atomic E-state index is -4.37. The molecule has 1 saturated heterocycles. The lowest BCUT2D eigenvalue weighted by molar-refractivity contribution is -0.137. The van der Waals surface area contributed by atoms with Gasteiger partial charge < -0.3 is 5.32 Å². The Morgan fingerprint density at radius 2 is 1.74 bits per heavy atom. The van der Waals surface area contributed by atoms with E-state index >= 15 is 0 Å². The second-order valence-corrected chi connectivity index (χ2v) is 4.96. The van der Waals surface area contributed by atoms with E-state index in [1.54, 1.807) is 6.07 Å². The van der Waals surface area contributed by atoms with Gasteiger partial charge in [-0.1, -0.05) is 5.92 Å². The molecule has 0 aromatic heterocycles. The normalized spacial score (nSPS) is 24.3. The van der Waals surface area contributed by atoms with Gasteiger partial charge in [-0.2, -0.15) is 13.2 Å². The van der Waals surface area contributed by atoms with Crippen molar-refractivity contribution in [2.24, 2.45) is 0 Å². The van der Waals surface area contributed by atoms with Gasteiger partial charge in [0.05, 0.1) is 5.56 Å². The van der Waals surface area contributed by atoms with Crippen LogP contribution in [0.5, 0.6) is 0 Å². The Bertz CT molecular complexity index is 545. The van der Waals surface area contributed by atoms with Crippen LogP contribution in [0.15, 0.2) is 12.1 Å². The van der Waals surface area contributed by atoms with Crippen molar-refractivity contribution in [1.29, 1.82) is 0 Å². The Kier molecular flexibility index (Phi) is 3.55. The van der Waals surface area contributed by atoms with Crippen molar-refractivity contribution in [1.82, 2.24) is 5.32 Å². The fraction of sp³-hybridized carbons (Fsp3) is 0.429. The van der Waals surface area contributed by atoms with Crippen LogP contribution in [-0.2, 0) is 6.18 Å². The van der Waals surface area contributed by atoms with Crippen LogP contribution in [0.1, 0.15) is 40.5 Å². The average Bonchev–Trinajstić information content (AvgIpc) is 2.58. The van der Waals surface area contributed by atoms with Gasteiger partial charge in [-0.25, -0.2) is 0 Å². The molecule has 1 aromatic rings. The molecule has 1 aromatic carbocycles. The molecule has 2 atom stereocenters. The molecule has 1 aliphatic heterocycles. The lowest BCUT2D eigenvalue weighted by Crippen LogP contribution is -2.28. The van der Waals surface area contributed by atoms with Crippen LogP contribution in [-0.4, -0.2) is 13.1 Å². The van der Waals surface area contributed by atoms with Crippen LogP contribution in [0, 0.1) is 12.3 Å². The number of fused-ring (bicyclic) bond motifs is 5. The zero-order valence-corrected chi connectivity index (χ0v) is 10.9. The van der Waals surface area contributed by atoms with E-state index in [0.29, 0.717) is 5.92 Å². The molecular weight excluding hydrogens is 275 g/mol. The summed E-state index contributed by atoms with van der Waals surface area (Å²) in [5.74, 6) is 2.69. The Morgan fingerprint density at radius 1 is 1.16 bits per heavy atom. The number of halogens is 4. The first-order valence-corrected chi connectivity index (χ1v) is 5.93. The van der Waals surface area contributed by atoms with Gasteiger partial charge in [-0.05, 0) is 41.5 Å². The molecule has 2 aliphatic rings. The van der Waals surface area contributed by atoms with Crippen molar-refractivity contribution in [3.05, 3.63) is 34.4 Å². The number of piperidine rings is 1. The fourth-order valence-corrected chi connectivity index (χ4v) is 3.11. The van der Waals surface area contributed by atoms with Crippen LogP contribution >= 0.6 is 12.4 Å². The maximum absolute atomic E-state index is 12.9. The monoisotopic (exact) mass is 287 g/mol. The van der Waals surface area contributed by atoms with Gasteiger partial charge in [0, 0.05) is 18.7 Å².